The monoisotopic (exact) mass is 480 g/mol. The number of halogens is 1. The third-order valence-corrected chi connectivity index (χ3v) is 7.13. The van der Waals surface area contributed by atoms with E-state index in [1.165, 1.54) is 6.42 Å². The number of hydrogen-bond donors (Lipinski definition) is 0. The highest BCUT2D eigenvalue weighted by Crippen LogP contribution is 2.26. The lowest BCUT2D eigenvalue weighted by atomic mass is 9.95. The zero-order valence-corrected chi connectivity index (χ0v) is 19.4. The van der Waals surface area contributed by atoms with Crippen molar-refractivity contribution in [1.29, 1.82) is 0 Å². The predicted octanol–water partition coefficient (Wildman–Crippen LogP) is 5.01. The Morgan fingerprint density at radius 1 is 0.968 bits per heavy atom. The van der Waals surface area contributed by atoms with E-state index in [4.69, 9.17) is 4.98 Å². The molecule has 0 radical (unpaired) electrons. The fourth-order valence-electron chi connectivity index (χ4n) is 5.03. The Bertz CT molecular complexity index is 1060. The van der Waals surface area contributed by atoms with Gasteiger partial charge in [0.2, 0.25) is 5.91 Å². The molecule has 0 spiro atoms. The minimum absolute atomic E-state index is 0.123. The first-order valence-electron chi connectivity index (χ1n) is 11.4. The van der Waals surface area contributed by atoms with Crippen LogP contribution in [0.15, 0.2) is 53.0 Å². The molecular formula is C25H29BrN4O. The first kappa shape index (κ1) is 20.7. The van der Waals surface area contributed by atoms with E-state index < -0.39 is 0 Å². The topological polar surface area (TPSA) is 41.4 Å². The van der Waals surface area contributed by atoms with Crippen molar-refractivity contribution in [2.24, 2.45) is 5.92 Å². The van der Waals surface area contributed by atoms with Crippen LogP contribution in [0.4, 0.5) is 0 Å². The Hall–Kier alpha value is -2.18. The van der Waals surface area contributed by atoms with Gasteiger partial charge in [-0.2, -0.15) is 0 Å². The average molecular weight is 481 g/mol. The maximum atomic E-state index is 13.1. The quantitative estimate of drug-likeness (QED) is 0.526. The number of imidazole rings is 1. The number of nitrogens with zero attached hydrogens (tertiary/aromatic N) is 4. The van der Waals surface area contributed by atoms with Gasteiger partial charge in [0.05, 0.1) is 23.5 Å². The van der Waals surface area contributed by atoms with E-state index in [0.717, 1.165) is 85.4 Å². The van der Waals surface area contributed by atoms with Crippen LogP contribution < -0.4 is 0 Å². The Morgan fingerprint density at radius 3 is 2.55 bits per heavy atom. The number of rotatable bonds is 4. The van der Waals surface area contributed by atoms with E-state index in [0.29, 0.717) is 5.91 Å². The number of aromatic nitrogens is 2. The molecule has 1 atom stereocenters. The van der Waals surface area contributed by atoms with E-state index >= 15 is 0 Å². The summed E-state index contributed by atoms with van der Waals surface area (Å²) in [6.45, 7) is 4.49. The Kier molecular flexibility index (Phi) is 6.10. The number of para-hydroxylation sites is 2. The van der Waals surface area contributed by atoms with Gasteiger partial charge in [0.1, 0.15) is 5.82 Å². The molecule has 2 aliphatic rings. The zero-order valence-electron chi connectivity index (χ0n) is 17.8. The van der Waals surface area contributed by atoms with Crippen molar-refractivity contribution in [3.8, 4) is 5.69 Å². The molecular weight excluding hydrogens is 452 g/mol. The maximum Gasteiger partial charge on any atom is 0.226 e. The largest absolute Gasteiger partial charge is 0.342 e. The van der Waals surface area contributed by atoms with E-state index in [2.05, 4.69) is 72.8 Å². The molecule has 5 rings (SSSR count). The first-order valence-corrected chi connectivity index (χ1v) is 12.2. The molecule has 31 heavy (non-hydrogen) atoms. The van der Waals surface area contributed by atoms with Crippen molar-refractivity contribution in [1.82, 2.24) is 19.4 Å². The third-order valence-electron chi connectivity index (χ3n) is 6.60. The molecule has 1 aromatic heterocycles. The molecule has 0 N–H and O–H groups in total. The second kappa shape index (κ2) is 9.13. The molecule has 0 unspecified atom stereocenters. The molecule has 2 aromatic carbocycles. The van der Waals surface area contributed by atoms with Gasteiger partial charge in [-0.1, -0.05) is 28.1 Å². The highest BCUT2D eigenvalue weighted by Gasteiger charge is 2.30. The van der Waals surface area contributed by atoms with Crippen molar-refractivity contribution >= 4 is 32.9 Å². The van der Waals surface area contributed by atoms with Crippen molar-refractivity contribution in [2.75, 3.05) is 26.2 Å². The van der Waals surface area contributed by atoms with Crippen LogP contribution in [0.25, 0.3) is 16.7 Å². The molecule has 2 fully saturated rings. The molecule has 0 aliphatic carbocycles. The molecule has 5 nitrogen and oxygen atoms in total. The summed E-state index contributed by atoms with van der Waals surface area (Å²) in [6, 6.07) is 16.7. The Morgan fingerprint density at radius 2 is 1.74 bits per heavy atom. The van der Waals surface area contributed by atoms with Crippen LogP contribution in [0.5, 0.6) is 0 Å². The summed E-state index contributed by atoms with van der Waals surface area (Å²) in [5, 5.41) is 0. The molecule has 3 heterocycles. The van der Waals surface area contributed by atoms with E-state index in [9.17, 15) is 4.79 Å². The third kappa shape index (κ3) is 4.41. The summed E-state index contributed by atoms with van der Waals surface area (Å²) in [4.78, 5) is 22.6. The SMILES string of the molecule is O=C([C@@H]1CCCN(Cc2nc3ccccc3n2-c2ccc(Br)cc2)C1)N1CCCCC1. The van der Waals surface area contributed by atoms with Crippen LogP contribution in [-0.2, 0) is 11.3 Å². The number of carbonyl (C=O) groups is 1. The molecule has 2 saturated heterocycles. The number of likely N-dealkylation sites (tertiary alicyclic amines) is 2. The summed E-state index contributed by atoms with van der Waals surface area (Å²) in [7, 11) is 0. The lowest BCUT2D eigenvalue weighted by Crippen LogP contribution is -2.46. The van der Waals surface area contributed by atoms with Crippen molar-refractivity contribution in [2.45, 2.75) is 38.6 Å². The van der Waals surface area contributed by atoms with Crippen LogP contribution in [0.1, 0.15) is 37.9 Å². The maximum absolute atomic E-state index is 13.1. The number of hydrogen-bond acceptors (Lipinski definition) is 3. The second-order valence-electron chi connectivity index (χ2n) is 8.79. The summed E-state index contributed by atoms with van der Waals surface area (Å²) in [5.74, 6) is 1.53. The number of benzene rings is 2. The summed E-state index contributed by atoms with van der Waals surface area (Å²) >= 11 is 3.54. The average Bonchev–Trinajstić information content (AvgIpc) is 3.17. The van der Waals surface area contributed by atoms with E-state index in [-0.39, 0.29) is 5.92 Å². The van der Waals surface area contributed by atoms with Gasteiger partial charge >= 0.3 is 0 Å². The van der Waals surface area contributed by atoms with Crippen molar-refractivity contribution in [3.05, 3.63) is 58.8 Å². The Balaban J connectivity index is 1.39. The van der Waals surface area contributed by atoms with Gasteiger partial charge in [-0.15, -0.1) is 0 Å². The van der Waals surface area contributed by atoms with Gasteiger partial charge in [-0.25, -0.2) is 4.98 Å². The smallest absolute Gasteiger partial charge is 0.226 e. The van der Waals surface area contributed by atoms with Crippen LogP contribution in [0.3, 0.4) is 0 Å². The van der Waals surface area contributed by atoms with E-state index in [1.807, 2.05) is 6.07 Å². The van der Waals surface area contributed by atoms with Crippen molar-refractivity contribution in [3.63, 3.8) is 0 Å². The molecule has 0 saturated carbocycles. The van der Waals surface area contributed by atoms with Gasteiger partial charge in [-0.05, 0) is 75.0 Å². The van der Waals surface area contributed by atoms with Gasteiger partial charge in [0.15, 0.2) is 0 Å². The van der Waals surface area contributed by atoms with Gasteiger partial charge in [0.25, 0.3) is 0 Å². The molecule has 3 aromatic rings. The molecule has 1 amide bonds. The van der Waals surface area contributed by atoms with Crippen LogP contribution in [-0.4, -0.2) is 51.4 Å². The lowest BCUT2D eigenvalue weighted by Gasteiger charge is -2.36. The Labute approximate surface area is 192 Å². The summed E-state index contributed by atoms with van der Waals surface area (Å²) < 4.78 is 3.33. The predicted molar refractivity (Wildman–Crippen MR) is 127 cm³/mol. The minimum atomic E-state index is 0.123. The zero-order chi connectivity index (χ0) is 21.2. The number of fused-ring (bicyclic) bond motifs is 1. The van der Waals surface area contributed by atoms with Gasteiger partial charge < -0.3 is 4.90 Å². The molecule has 162 valence electrons. The first-order chi connectivity index (χ1) is 15.2. The molecule has 0 bridgehead atoms. The van der Waals surface area contributed by atoms with E-state index in [1.54, 1.807) is 0 Å². The number of carbonyl (C=O) groups excluding carboxylic acids is 1. The molecule has 6 heteroatoms. The fourth-order valence-corrected chi connectivity index (χ4v) is 5.30. The fraction of sp³-hybridized carbons (Fsp3) is 0.440. The summed E-state index contributed by atoms with van der Waals surface area (Å²) in [5.41, 5.74) is 3.25. The lowest BCUT2D eigenvalue weighted by molar-refractivity contribution is -0.138. The number of piperidine rings is 2. The number of amides is 1. The van der Waals surface area contributed by atoms with Crippen molar-refractivity contribution < 1.29 is 4.79 Å². The van der Waals surface area contributed by atoms with Crippen LogP contribution in [0, 0.1) is 5.92 Å². The highest BCUT2D eigenvalue weighted by molar-refractivity contribution is 9.10. The van der Waals surface area contributed by atoms with Gasteiger partial charge in [0, 0.05) is 29.8 Å². The normalized spacial score (nSPS) is 20.3. The summed E-state index contributed by atoms with van der Waals surface area (Å²) in [6.07, 6.45) is 5.64. The van der Waals surface area contributed by atoms with Crippen LogP contribution in [0.2, 0.25) is 0 Å². The highest BCUT2D eigenvalue weighted by atomic mass is 79.9. The second-order valence-corrected chi connectivity index (χ2v) is 9.70. The van der Waals surface area contributed by atoms with Gasteiger partial charge in [-0.3, -0.25) is 14.3 Å². The molecule has 2 aliphatic heterocycles. The van der Waals surface area contributed by atoms with Crippen LogP contribution >= 0.6 is 15.9 Å². The standard InChI is InChI=1S/C25H29BrN4O/c26-20-10-12-21(13-11-20)30-23-9-3-2-8-22(23)27-24(30)18-28-14-6-7-19(17-28)25(31)29-15-4-1-5-16-29/h2-3,8-13,19H,1,4-7,14-18H2/t19-/m1/s1. The minimum Gasteiger partial charge on any atom is -0.342 e.